The summed E-state index contributed by atoms with van der Waals surface area (Å²) in [5.41, 5.74) is 0. The zero-order valence-electron chi connectivity index (χ0n) is 10.1. The van der Waals surface area contributed by atoms with Crippen LogP contribution in [-0.2, 0) is 10.1 Å². The molecule has 0 aliphatic rings. The van der Waals surface area contributed by atoms with Gasteiger partial charge in [-0.25, -0.2) is 0 Å². The minimum absolute atomic E-state index is 0. The molecule has 0 atom stereocenters. The first kappa shape index (κ1) is 17.1. The summed E-state index contributed by atoms with van der Waals surface area (Å²) in [5, 5.41) is 0. The molecule has 19 heavy (non-hydrogen) atoms. The predicted molar refractivity (Wildman–Crippen MR) is 79.8 cm³/mol. The molecule has 0 aliphatic carbocycles. The Morgan fingerprint density at radius 3 is 2.26 bits per heavy atom. The number of hydrogen-bond donors (Lipinski definition) is 2. The van der Waals surface area contributed by atoms with E-state index < -0.39 is 10.1 Å². The van der Waals surface area contributed by atoms with Crippen LogP contribution in [0.3, 0.4) is 0 Å². The van der Waals surface area contributed by atoms with Crippen molar-refractivity contribution in [3.63, 3.8) is 0 Å². The van der Waals surface area contributed by atoms with E-state index in [-0.39, 0.29) is 34.5 Å². The van der Waals surface area contributed by atoms with Gasteiger partial charge in [-0.1, -0.05) is 30.0 Å². The van der Waals surface area contributed by atoms with E-state index in [9.17, 15) is 8.42 Å². The molecule has 2 aromatic rings. The second-order valence-corrected chi connectivity index (χ2v) is 6.54. The van der Waals surface area contributed by atoms with Gasteiger partial charge >= 0.3 is 0 Å². The van der Waals surface area contributed by atoms with Crippen LogP contribution in [0.5, 0.6) is 0 Å². The Kier molecular flexibility index (Phi) is 6.46. The molecule has 1 N–H and O–H groups in total. The van der Waals surface area contributed by atoms with E-state index in [4.69, 9.17) is 4.55 Å². The van der Waals surface area contributed by atoms with Crippen molar-refractivity contribution in [1.29, 1.82) is 0 Å². The van der Waals surface area contributed by atoms with Crippen molar-refractivity contribution < 1.29 is 13.0 Å². The Hall–Kier alpha value is 0.0500. The summed E-state index contributed by atoms with van der Waals surface area (Å²) in [6.07, 6.45) is 0. The predicted octanol–water partition coefficient (Wildman–Crippen LogP) is 2.99. The zero-order valence-corrected chi connectivity index (χ0v) is 14.7. The second kappa shape index (κ2) is 7.17. The molecule has 3 nitrogen and oxygen atoms in total. The maximum absolute atomic E-state index is 11.1. The average molecular weight is 321 g/mol. The van der Waals surface area contributed by atoms with Crippen LogP contribution in [0, 0.1) is 0 Å². The minimum Gasteiger partial charge on any atom is -0.282 e. The third-order valence-corrected chi connectivity index (χ3v) is 4.66. The van der Waals surface area contributed by atoms with Crippen molar-refractivity contribution in [3.05, 3.63) is 48.5 Å². The van der Waals surface area contributed by atoms with Gasteiger partial charge in [0, 0.05) is 44.2 Å². The fraction of sp³-hybridized carbons (Fsp3) is 0. The van der Waals surface area contributed by atoms with Crippen molar-refractivity contribution in [3.8, 4) is 0 Å². The molecular formula is C12H10NaO3S3. The monoisotopic (exact) mass is 321 g/mol. The summed E-state index contributed by atoms with van der Waals surface area (Å²) in [6.45, 7) is 0. The molecule has 7 heteroatoms. The second-order valence-electron chi connectivity index (χ2n) is 3.52. The van der Waals surface area contributed by atoms with Gasteiger partial charge in [0.05, 0.1) is 4.90 Å². The topological polar surface area (TPSA) is 54.4 Å². The molecule has 0 fully saturated rings. The van der Waals surface area contributed by atoms with Crippen LogP contribution in [0.1, 0.15) is 0 Å². The van der Waals surface area contributed by atoms with Gasteiger partial charge in [0.2, 0.25) is 0 Å². The number of rotatable bonds is 3. The Labute approximate surface area is 144 Å². The maximum atomic E-state index is 11.1. The quantitative estimate of drug-likeness (QED) is 0.518. The van der Waals surface area contributed by atoms with Gasteiger partial charge in [-0.15, -0.1) is 12.6 Å². The van der Waals surface area contributed by atoms with Crippen molar-refractivity contribution in [1.82, 2.24) is 0 Å². The number of benzene rings is 2. The van der Waals surface area contributed by atoms with Gasteiger partial charge in [-0.05, 0) is 30.3 Å². The van der Waals surface area contributed by atoms with Gasteiger partial charge in [0.25, 0.3) is 10.1 Å². The molecule has 0 aromatic heterocycles. The van der Waals surface area contributed by atoms with Crippen LogP contribution in [0.4, 0.5) is 0 Å². The van der Waals surface area contributed by atoms with Crippen LogP contribution in [0.25, 0.3) is 0 Å². The molecule has 0 amide bonds. The minimum atomic E-state index is -4.18. The molecule has 0 bridgehead atoms. The molecule has 0 spiro atoms. The fourth-order valence-corrected chi connectivity index (χ4v) is 3.12. The normalized spacial score (nSPS) is 10.8. The van der Waals surface area contributed by atoms with Crippen molar-refractivity contribution in [2.24, 2.45) is 0 Å². The molecular weight excluding hydrogens is 311 g/mol. The Balaban J connectivity index is 0.00000180. The third kappa shape index (κ3) is 4.82. The molecule has 0 saturated carbocycles. The maximum Gasteiger partial charge on any atom is 0.294 e. The van der Waals surface area contributed by atoms with E-state index in [1.807, 2.05) is 30.3 Å². The summed E-state index contributed by atoms with van der Waals surface area (Å²) >= 11 is 5.67. The van der Waals surface area contributed by atoms with E-state index in [1.54, 1.807) is 6.07 Å². The van der Waals surface area contributed by atoms with E-state index in [1.165, 1.54) is 23.9 Å². The number of thiol groups is 1. The molecule has 0 saturated heterocycles. The van der Waals surface area contributed by atoms with Crippen molar-refractivity contribution in [2.45, 2.75) is 19.6 Å². The van der Waals surface area contributed by atoms with Crippen LogP contribution >= 0.6 is 24.4 Å². The van der Waals surface area contributed by atoms with Gasteiger partial charge in [-0.3, -0.25) is 4.55 Å². The van der Waals surface area contributed by atoms with Crippen LogP contribution < -0.4 is 0 Å². The van der Waals surface area contributed by atoms with Crippen molar-refractivity contribution >= 4 is 64.1 Å². The molecule has 0 unspecified atom stereocenters. The molecule has 0 heterocycles. The average Bonchev–Trinajstić information content (AvgIpc) is 2.32. The SMILES string of the molecule is O=S(=O)(O)c1ccc(S)c(Sc2ccccc2)c1.[Na]. The van der Waals surface area contributed by atoms with E-state index >= 15 is 0 Å². The van der Waals surface area contributed by atoms with Crippen LogP contribution in [0.15, 0.2) is 68.1 Å². The van der Waals surface area contributed by atoms with Gasteiger partial charge in [-0.2, -0.15) is 8.42 Å². The Morgan fingerprint density at radius 1 is 1.05 bits per heavy atom. The summed E-state index contributed by atoms with van der Waals surface area (Å²) in [5.74, 6) is 0. The molecule has 0 aliphatic heterocycles. The molecule has 95 valence electrons. The Morgan fingerprint density at radius 2 is 1.68 bits per heavy atom. The van der Waals surface area contributed by atoms with Crippen molar-refractivity contribution in [2.75, 3.05) is 0 Å². The standard InChI is InChI=1S/C12H10O3S3.Na/c13-18(14,15)10-6-7-11(16)12(8-10)17-9-4-2-1-3-5-9;/h1-8,16H,(H,13,14,15);. The summed E-state index contributed by atoms with van der Waals surface area (Å²) in [6, 6.07) is 13.8. The third-order valence-electron chi connectivity index (χ3n) is 2.20. The van der Waals surface area contributed by atoms with Crippen LogP contribution in [-0.4, -0.2) is 42.5 Å². The molecule has 2 aromatic carbocycles. The van der Waals surface area contributed by atoms with E-state index in [0.717, 1.165) is 4.90 Å². The van der Waals surface area contributed by atoms with Crippen LogP contribution in [0.2, 0.25) is 0 Å². The first-order valence-electron chi connectivity index (χ1n) is 5.00. The largest absolute Gasteiger partial charge is 0.294 e. The number of hydrogen-bond acceptors (Lipinski definition) is 4. The van der Waals surface area contributed by atoms with E-state index in [2.05, 4.69) is 12.6 Å². The molecule has 1 radical (unpaired) electrons. The zero-order chi connectivity index (χ0) is 13.2. The van der Waals surface area contributed by atoms with E-state index in [0.29, 0.717) is 9.79 Å². The Bertz CT molecular complexity index is 657. The first-order valence-corrected chi connectivity index (χ1v) is 7.70. The summed E-state index contributed by atoms with van der Waals surface area (Å²) in [4.78, 5) is 2.19. The first-order chi connectivity index (χ1) is 8.47. The van der Waals surface area contributed by atoms with Gasteiger partial charge in [0.1, 0.15) is 0 Å². The smallest absolute Gasteiger partial charge is 0.282 e. The summed E-state index contributed by atoms with van der Waals surface area (Å²) in [7, 11) is -4.18. The van der Waals surface area contributed by atoms with Gasteiger partial charge < -0.3 is 0 Å². The van der Waals surface area contributed by atoms with Gasteiger partial charge in [0.15, 0.2) is 0 Å². The summed E-state index contributed by atoms with van der Waals surface area (Å²) < 4.78 is 31.1. The fourth-order valence-electron chi connectivity index (χ4n) is 1.35. The molecule has 2 rings (SSSR count).